The van der Waals surface area contributed by atoms with Crippen molar-refractivity contribution in [1.29, 1.82) is 0 Å². The van der Waals surface area contributed by atoms with Crippen molar-refractivity contribution in [2.45, 2.75) is 53.4 Å². The monoisotopic (exact) mass is 426 g/mol. The van der Waals surface area contributed by atoms with E-state index in [1.807, 2.05) is 0 Å². The first-order chi connectivity index (χ1) is 14.2. The van der Waals surface area contributed by atoms with E-state index in [4.69, 9.17) is 18.9 Å². The molecule has 164 valence electrons. The third kappa shape index (κ3) is 7.59. The molecule has 0 fully saturated rings. The standard InChI is InChI=1S/C15H22N8O7/c1-9(24)5-27-7-13-16-20-22(18-13)11(3)29-15(26)30-12(4)23-19-14(17-21-23)8-28-6-10(2)25/h11-12H,5-8H2,1-4H3/t11-,12-/m0/s1. The average Bonchev–Trinajstić information content (AvgIpc) is 3.30. The van der Waals surface area contributed by atoms with Gasteiger partial charge in [0.25, 0.3) is 0 Å². The quantitative estimate of drug-likeness (QED) is 0.407. The van der Waals surface area contributed by atoms with E-state index >= 15 is 0 Å². The van der Waals surface area contributed by atoms with Gasteiger partial charge in [-0.25, -0.2) is 4.79 Å². The Balaban J connectivity index is 1.79. The first kappa shape index (κ1) is 23.0. The highest BCUT2D eigenvalue weighted by atomic mass is 16.7. The van der Waals surface area contributed by atoms with E-state index in [2.05, 4.69) is 30.8 Å². The van der Waals surface area contributed by atoms with Crippen LogP contribution in [-0.2, 0) is 41.8 Å². The van der Waals surface area contributed by atoms with Crippen LogP contribution in [0.5, 0.6) is 0 Å². The van der Waals surface area contributed by atoms with Crippen LogP contribution in [0.3, 0.4) is 0 Å². The highest BCUT2D eigenvalue weighted by Gasteiger charge is 2.20. The largest absolute Gasteiger partial charge is 0.512 e. The molecular formula is C15H22N8O7. The molecule has 0 radical (unpaired) electrons. The smallest absolute Gasteiger partial charge is 0.407 e. The molecule has 0 aromatic carbocycles. The molecule has 30 heavy (non-hydrogen) atoms. The molecule has 0 spiro atoms. The molecule has 2 rings (SSSR count). The summed E-state index contributed by atoms with van der Waals surface area (Å²) in [6, 6.07) is 0. The summed E-state index contributed by atoms with van der Waals surface area (Å²) in [5.41, 5.74) is 0. The number of ether oxygens (including phenoxy) is 4. The van der Waals surface area contributed by atoms with Crippen LogP contribution in [0.1, 0.15) is 51.8 Å². The molecule has 0 unspecified atom stereocenters. The van der Waals surface area contributed by atoms with Crippen LogP contribution in [0, 0.1) is 0 Å². The summed E-state index contributed by atoms with van der Waals surface area (Å²) in [5.74, 6) is 0.182. The van der Waals surface area contributed by atoms with Crippen LogP contribution in [-0.4, -0.2) is 71.4 Å². The van der Waals surface area contributed by atoms with E-state index in [1.165, 1.54) is 27.7 Å². The molecule has 0 amide bonds. The normalized spacial score (nSPS) is 12.9. The zero-order valence-electron chi connectivity index (χ0n) is 16.9. The minimum absolute atomic E-state index is 0.00971. The van der Waals surface area contributed by atoms with Crippen LogP contribution >= 0.6 is 0 Å². The number of carbonyl (C=O) groups is 3. The summed E-state index contributed by atoms with van der Waals surface area (Å²) < 4.78 is 20.3. The van der Waals surface area contributed by atoms with E-state index in [0.717, 1.165) is 9.59 Å². The minimum atomic E-state index is -1.02. The lowest BCUT2D eigenvalue weighted by Crippen LogP contribution is -2.22. The molecule has 0 bridgehead atoms. The zero-order chi connectivity index (χ0) is 22.1. The van der Waals surface area contributed by atoms with Gasteiger partial charge in [-0.05, 0) is 38.1 Å². The second-order valence-electron chi connectivity index (χ2n) is 6.13. The maximum absolute atomic E-state index is 12.0. The predicted octanol–water partition coefficient (Wildman–Crippen LogP) is -0.239. The summed E-state index contributed by atoms with van der Waals surface area (Å²) in [6.07, 6.45) is -2.86. The van der Waals surface area contributed by atoms with Crippen LogP contribution in [0.25, 0.3) is 0 Å². The Morgan fingerprint density at radius 3 is 1.57 bits per heavy atom. The number of hydrogen-bond donors (Lipinski definition) is 0. The first-order valence-electron chi connectivity index (χ1n) is 8.83. The Labute approximate surface area is 170 Å². The number of tetrazole rings is 2. The maximum atomic E-state index is 12.0. The van der Waals surface area contributed by atoms with Crippen molar-refractivity contribution in [1.82, 2.24) is 40.4 Å². The zero-order valence-corrected chi connectivity index (χ0v) is 16.9. The summed E-state index contributed by atoms with van der Waals surface area (Å²) in [6.45, 7) is 5.65. The Morgan fingerprint density at radius 1 is 0.800 bits per heavy atom. The molecule has 0 aliphatic rings. The SMILES string of the molecule is CC(=O)COCc1nnn([C@H](C)OC(=O)O[C@@H](C)n2nnc(COCC(C)=O)n2)n1. The Morgan fingerprint density at radius 2 is 1.20 bits per heavy atom. The van der Waals surface area contributed by atoms with Gasteiger partial charge in [-0.15, -0.1) is 30.0 Å². The van der Waals surface area contributed by atoms with Gasteiger partial charge in [0, 0.05) is 0 Å². The minimum Gasteiger partial charge on any atom is -0.407 e. The van der Waals surface area contributed by atoms with E-state index in [9.17, 15) is 14.4 Å². The lowest BCUT2D eigenvalue weighted by Gasteiger charge is -2.14. The summed E-state index contributed by atoms with van der Waals surface area (Å²) in [7, 11) is 0. The van der Waals surface area contributed by atoms with Gasteiger partial charge in [0.1, 0.15) is 26.4 Å². The van der Waals surface area contributed by atoms with Crippen molar-refractivity contribution < 1.29 is 33.3 Å². The van der Waals surface area contributed by atoms with Crippen LogP contribution in [0.15, 0.2) is 0 Å². The van der Waals surface area contributed by atoms with Gasteiger partial charge >= 0.3 is 6.16 Å². The molecule has 0 saturated heterocycles. The van der Waals surface area contributed by atoms with E-state index in [-0.39, 0.29) is 49.6 Å². The van der Waals surface area contributed by atoms with Crippen LogP contribution in [0.2, 0.25) is 0 Å². The number of aromatic nitrogens is 8. The second-order valence-corrected chi connectivity index (χ2v) is 6.13. The fraction of sp³-hybridized carbons (Fsp3) is 0.667. The fourth-order valence-corrected chi connectivity index (χ4v) is 1.91. The molecule has 2 aromatic rings. The molecule has 2 atom stereocenters. The Kier molecular flexibility index (Phi) is 8.42. The van der Waals surface area contributed by atoms with E-state index in [0.29, 0.717) is 0 Å². The van der Waals surface area contributed by atoms with Gasteiger partial charge in [-0.2, -0.15) is 0 Å². The van der Waals surface area contributed by atoms with Gasteiger partial charge in [0.15, 0.2) is 11.6 Å². The number of ketones is 2. The number of rotatable bonds is 12. The average molecular weight is 426 g/mol. The highest BCUT2D eigenvalue weighted by Crippen LogP contribution is 2.11. The van der Waals surface area contributed by atoms with Gasteiger partial charge in [0.05, 0.1) is 0 Å². The fourth-order valence-electron chi connectivity index (χ4n) is 1.91. The lowest BCUT2D eigenvalue weighted by atomic mass is 10.5. The van der Waals surface area contributed by atoms with E-state index < -0.39 is 18.6 Å². The highest BCUT2D eigenvalue weighted by molar-refractivity contribution is 5.76. The molecule has 15 nitrogen and oxygen atoms in total. The Hall–Kier alpha value is -3.33. The predicted molar refractivity (Wildman–Crippen MR) is 93.3 cm³/mol. The molecule has 15 heteroatoms. The van der Waals surface area contributed by atoms with Crippen molar-refractivity contribution in [3.8, 4) is 0 Å². The van der Waals surface area contributed by atoms with Gasteiger partial charge in [0.2, 0.25) is 24.1 Å². The Bertz CT molecular complexity index is 799. The van der Waals surface area contributed by atoms with Crippen molar-refractivity contribution in [3.63, 3.8) is 0 Å². The lowest BCUT2D eigenvalue weighted by molar-refractivity contribution is -0.122. The van der Waals surface area contributed by atoms with Crippen molar-refractivity contribution >= 4 is 17.7 Å². The molecule has 2 aromatic heterocycles. The molecule has 2 heterocycles. The van der Waals surface area contributed by atoms with Gasteiger partial charge < -0.3 is 18.9 Å². The number of nitrogens with zero attached hydrogens (tertiary/aromatic N) is 8. The number of hydrogen-bond acceptors (Lipinski definition) is 13. The molecule has 0 saturated carbocycles. The van der Waals surface area contributed by atoms with Gasteiger partial charge in [-0.1, -0.05) is 0 Å². The van der Waals surface area contributed by atoms with Crippen LogP contribution in [0.4, 0.5) is 4.79 Å². The molecule has 0 aliphatic carbocycles. The maximum Gasteiger partial charge on any atom is 0.512 e. The van der Waals surface area contributed by atoms with E-state index in [1.54, 1.807) is 0 Å². The van der Waals surface area contributed by atoms with Crippen molar-refractivity contribution in [2.75, 3.05) is 13.2 Å². The third-order valence-electron chi connectivity index (χ3n) is 3.20. The van der Waals surface area contributed by atoms with Crippen molar-refractivity contribution in [3.05, 3.63) is 11.6 Å². The molecule has 0 N–H and O–H groups in total. The first-order valence-corrected chi connectivity index (χ1v) is 8.83. The summed E-state index contributed by atoms with van der Waals surface area (Å²) >= 11 is 0. The van der Waals surface area contributed by atoms with Gasteiger partial charge in [-0.3, -0.25) is 9.59 Å². The number of carbonyl (C=O) groups excluding carboxylic acids is 3. The topological polar surface area (TPSA) is 175 Å². The van der Waals surface area contributed by atoms with Crippen LogP contribution < -0.4 is 0 Å². The van der Waals surface area contributed by atoms with Crippen molar-refractivity contribution in [2.24, 2.45) is 0 Å². The second kappa shape index (κ2) is 11.0. The number of Topliss-reactive ketones (excluding diaryl/α,β-unsaturated/α-hetero) is 2. The molecular weight excluding hydrogens is 404 g/mol. The molecule has 0 aliphatic heterocycles. The third-order valence-corrected chi connectivity index (χ3v) is 3.20. The summed E-state index contributed by atoms with van der Waals surface area (Å²) in [5, 5.41) is 22.9. The summed E-state index contributed by atoms with van der Waals surface area (Å²) in [4.78, 5) is 35.8.